The zero-order valence-corrected chi connectivity index (χ0v) is 21.1. The molecule has 1 aliphatic rings. The molecule has 4 aromatic rings. The first-order valence-corrected chi connectivity index (χ1v) is 12.1. The van der Waals surface area contributed by atoms with Crippen molar-refractivity contribution in [1.29, 1.82) is 0 Å². The summed E-state index contributed by atoms with van der Waals surface area (Å²) in [4.78, 5) is 0. The van der Waals surface area contributed by atoms with Gasteiger partial charge in [-0.2, -0.15) is 0 Å². The summed E-state index contributed by atoms with van der Waals surface area (Å²) in [5, 5.41) is 74.5. The summed E-state index contributed by atoms with van der Waals surface area (Å²) in [6.45, 7) is 0. The van der Waals surface area contributed by atoms with Crippen LogP contribution in [-0.2, 0) is 0 Å². The number of benzene rings is 4. The van der Waals surface area contributed by atoms with Crippen molar-refractivity contribution in [3.63, 3.8) is 0 Å². The monoisotopic (exact) mass is 532 g/mol. The molecule has 202 valence electrons. The molecule has 0 radical (unpaired) electrons. The third-order valence-electron chi connectivity index (χ3n) is 7.35. The van der Waals surface area contributed by atoms with Crippen LogP contribution >= 0.6 is 0 Å². The molecule has 0 bridgehead atoms. The second-order valence-electron chi connectivity index (χ2n) is 9.59. The zero-order valence-electron chi connectivity index (χ0n) is 21.1. The molecule has 0 fully saturated rings. The lowest BCUT2D eigenvalue weighted by molar-refractivity contribution is 0.134. The van der Waals surface area contributed by atoms with Crippen LogP contribution in [0.25, 0.3) is 0 Å². The summed E-state index contributed by atoms with van der Waals surface area (Å²) in [6.07, 6.45) is -1.25. The SMILES string of the molecule is COc1cc(C(O)[C@H]2c3cc(O)cc(O)c3[C@@H](c3ccc(O)c(OC)c3)[C@@H]2c2cc(O)cc(O)c2)ccc1O. The van der Waals surface area contributed by atoms with E-state index in [1.165, 1.54) is 62.8 Å². The van der Waals surface area contributed by atoms with Crippen LogP contribution in [0.3, 0.4) is 0 Å². The highest BCUT2D eigenvalue weighted by molar-refractivity contribution is 5.62. The van der Waals surface area contributed by atoms with E-state index < -0.39 is 23.9 Å². The molecule has 9 heteroatoms. The number of ether oxygens (including phenoxy) is 2. The quantitative estimate of drug-likeness (QED) is 0.187. The molecule has 39 heavy (non-hydrogen) atoms. The summed E-state index contributed by atoms with van der Waals surface area (Å²) >= 11 is 0. The summed E-state index contributed by atoms with van der Waals surface area (Å²) < 4.78 is 10.6. The third-order valence-corrected chi connectivity index (χ3v) is 7.35. The van der Waals surface area contributed by atoms with Crippen molar-refractivity contribution < 1.29 is 45.2 Å². The van der Waals surface area contributed by atoms with Crippen LogP contribution in [-0.4, -0.2) is 50.0 Å². The maximum Gasteiger partial charge on any atom is 0.160 e. The van der Waals surface area contributed by atoms with Crippen molar-refractivity contribution in [2.24, 2.45) is 0 Å². The fourth-order valence-corrected chi connectivity index (χ4v) is 5.76. The van der Waals surface area contributed by atoms with E-state index in [4.69, 9.17) is 9.47 Å². The van der Waals surface area contributed by atoms with Crippen LogP contribution in [0, 0.1) is 0 Å². The number of hydrogen-bond acceptors (Lipinski definition) is 9. The van der Waals surface area contributed by atoms with E-state index in [1.54, 1.807) is 18.2 Å². The summed E-state index contributed by atoms with van der Waals surface area (Å²) in [7, 11) is 2.80. The smallest absolute Gasteiger partial charge is 0.160 e. The van der Waals surface area contributed by atoms with Crippen LogP contribution in [0.1, 0.15) is 51.7 Å². The maximum absolute atomic E-state index is 11.8. The van der Waals surface area contributed by atoms with Crippen LogP contribution < -0.4 is 9.47 Å². The lowest BCUT2D eigenvalue weighted by Crippen LogP contribution is -2.18. The number of phenols is 6. The van der Waals surface area contributed by atoms with Crippen molar-refractivity contribution in [1.82, 2.24) is 0 Å². The molecular formula is C30H28O9. The average Bonchev–Trinajstić information content (AvgIpc) is 3.23. The standard InChI is InChI=1S/C30H28O9/c1-38-24-9-14(3-5-21(24)34)26-27(16-7-17(31)11-18(32)8-16)29(20-12-19(33)13-23(36)28(20)26)30(37)15-4-6-22(35)25(10-15)39-2/h3-13,26-27,29-37H,1-2H3/t26-,27-,29-,30?/m0/s1. The molecule has 4 atom stereocenters. The number of methoxy groups -OCH3 is 2. The molecular weight excluding hydrogens is 504 g/mol. The van der Waals surface area contributed by atoms with E-state index in [1.807, 2.05) is 0 Å². The van der Waals surface area contributed by atoms with Gasteiger partial charge in [0.25, 0.3) is 0 Å². The molecule has 0 amide bonds. The van der Waals surface area contributed by atoms with Crippen LogP contribution in [0.15, 0.2) is 66.7 Å². The van der Waals surface area contributed by atoms with Gasteiger partial charge in [-0.25, -0.2) is 0 Å². The second kappa shape index (κ2) is 9.85. The van der Waals surface area contributed by atoms with Gasteiger partial charge in [0.2, 0.25) is 0 Å². The van der Waals surface area contributed by atoms with E-state index in [9.17, 15) is 35.7 Å². The normalized spacial score (nSPS) is 18.9. The minimum Gasteiger partial charge on any atom is -0.508 e. The zero-order chi connectivity index (χ0) is 28.0. The third kappa shape index (κ3) is 4.46. The second-order valence-corrected chi connectivity index (χ2v) is 9.59. The lowest BCUT2D eigenvalue weighted by atomic mass is 9.74. The Morgan fingerprint density at radius 1 is 0.615 bits per heavy atom. The number of aliphatic hydroxyl groups excluding tert-OH is 1. The lowest BCUT2D eigenvalue weighted by Gasteiger charge is -2.30. The van der Waals surface area contributed by atoms with Gasteiger partial charge in [0.15, 0.2) is 23.0 Å². The Balaban J connectivity index is 1.80. The van der Waals surface area contributed by atoms with Gasteiger partial charge in [0, 0.05) is 35.4 Å². The first-order chi connectivity index (χ1) is 18.6. The first kappa shape index (κ1) is 25.9. The number of fused-ring (bicyclic) bond motifs is 1. The van der Waals surface area contributed by atoms with Crippen molar-refractivity contribution in [3.05, 3.63) is 94.5 Å². The molecule has 5 rings (SSSR count). The Morgan fingerprint density at radius 3 is 1.85 bits per heavy atom. The summed E-state index contributed by atoms with van der Waals surface area (Å²) in [5.74, 6) is -2.88. The van der Waals surface area contributed by atoms with Gasteiger partial charge < -0.3 is 45.2 Å². The van der Waals surface area contributed by atoms with Gasteiger partial charge in [-0.1, -0.05) is 12.1 Å². The van der Waals surface area contributed by atoms with Gasteiger partial charge in [-0.15, -0.1) is 0 Å². The highest BCUT2D eigenvalue weighted by Crippen LogP contribution is 2.62. The van der Waals surface area contributed by atoms with Crippen LogP contribution in [0.4, 0.5) is 0 Å². The molecule has 0 aliphatic heterocycles. The predicted octanol–water partition coefficient (Wildman–Crippen LogP) is 4.68. The molecule has 0 heterocycles. The van der Waals surface area contributed by atoms with E-state index in [-0.39, 0.29) is 46.0 Å². The number of aromatic hydroxyl groups is 6. The summed E-state index contributed by atoms with van der Waals surface area (Å²) in [5.41, 5.74) is 2.31. The Hall–Kier alpha value is -4.76. The Labute approximate surface area is 224 Å². The first-order valence-electron chi connectivity index (χ1n) is 12.1. The van der Waals surface area contributed by atoms with E-state index in [0.717, 1.165) is 0 Å². The minimum absolute atomic E-state index is 0.0891. The Kier molecular flexibility index (Phi) is 6.53. The van der Waals surface area contributed by atoms with Crippen molar-refractivity contribution >= 4 is 0 Å². The van der Waals surface area contributed by atoms with Crippen LogP contribution in [0.5, 0.6) is 46.0 Å². The van der Waals surface area contributed by atoms with Gasteiger partial charge in [0.1, 0.15) is 23.0 Å². The molecule has 1 unspecified atom stereocenters. The number of hydrogen-bond donors (Lipinski definition) is 7. The van der Waals surface area contributed by atoms with Gasteiger partial charge >= 0.3 is 0 Å². The van der Waals surface area contributed by atoms with Crippen molar-refractivity contribution in [2.75, 3.05) is 14.2 Å². The number of phenolic OH excluding ortho intramolecular Hbond substituents is 6. The predicted molar refractivity (Wildman–Crippen MR) is 141 cm³/mol. The van der Waals surface area contributed by atoms with Gasteiger partial charge in [-0.3, -0.25) is 0 Å². The fourth-order valence-electron chi connectivity index (χ4n) is 5.76. The Morgan fingerprint density at radius 2 is 1.21 bits per heavy atom. The highest BCUT2D eigenvalue weighted by atomic mass is 16.5. The molecule has 4 aromatic carbocycles. The largest absolute Gasteiger partial charge is 0.508 e. The molecule has 0 spiro atoms. The fraction of sp³-hybridized carbons (Fsp3) is 0.200. The van der Waals surface area contributed by atoms with Gasteiger partial charge in [-0.05, 0) is 64.7 Å². The highest BCUT2D eigenvalue weighted by Gasteiger charge is 2.48. The molecule has 7 N–H and O–H groups in total. The topological polar surface area (TPSA) is 160 Å². The van der Waals surface area contributed by atoms with E-state index in [2.05, 4.69) is 0 Å². The van der Waals surface area contributed by atoms with E-state index in [0.29, 0.717) is 27.8 Å². The number of aliphatic hydroxyl groups is 1. The molecule has 9 nitrogen and oxygen atoms in total. The van der Waals surface area contributed by atoms with Gasteiger partial charge in [0.05, 0.1) is 20.3 Å². The molecule has 0 saturated heterocycles. The molecule has 1 aliphatic carbocycles. The van der Waals surface area contributed by atoms with Crippen molar-refractivity contribution in [3.8, 4) is 46.0 Å². The van der Waals surface area contributed by atoms with Crippen LogP contribution in [0.2, 0.25) is 0 Å². The van der Waals surface area contributed by atoms with E-state index >= 15 is 0 Å². The summed E-state index contributed by atoms with van der Waals surface area (Å²) in [6, 6.07) is 16.0. The average molecular weight is 533 g/mol. The van der Waals surface area contributed by atoms with Crippen molar-refractivity contribution in [2.45, 2.75) is 23.9 Å². The minimum atomic E-state index is -1.25. The maximum atomic E-state index is 11.8. The molecule has 0 aromatic heterocycles. The molecule has 0 saturated carbocycles. The Bertz CT molecular complexity index is 1530. The number of rotatable bonds is 6.